The molecule has 0 aliphatic carbocycles. The van der Waals surface area contributed by atoms with Crippen molar-refractivity contribution < 1.29 is 14.3 Å². The van der Waals surface area contributed by atoms with Crippen LogP contribution in [0.15, 0.2) is 60.7 Å². The summed E-state index contributed by atoms with van der Waals surface area (Å²) >= 11 is 6.29. The van der Waals surface area contributed by atoms with E-state index in [9.17, 15) is 9.59 Å². The van der Waals surface area contributed by atoms with Crippen LogP contribution in [0.1, 0.15) is 53.1 Å². The van der Waals surface area contributed by atoms with E-state index in [4.69, 9.17) is 16.3 Å². The van der Waals surface area contributed by atoms with Crippen LogP contribution in [-0.4, -0.2) is 44.5 Å². The third-order valence-corrected chi connectivity index (χ3v) is 8.18. The zero-order valence-electron chi connectivity index (χ0n) is 22.7. The second kappa shape index (κ2) is 11.2. The highest BCUT2D eigenvalue weighted by atomic mass is 35.5. The predicted octanol–water partition coefficient (Wildman–Crippen LogP) is 6.16. The summed E-state index contributed by atoms with van der Waals surface area (Å²) in [6.07, 6.45) is -0.0446. The van der Waals surface area contributed by atoms with Gasteiger partial charge < -0.3 is 4.74 Å². The molecule has 202 valence electrons. The Kier molecular flexibility index (Phi) is 7.71. The molecule has 0 N–H and O–H groups in total. The van der Waals surface area contributed by atoms with Crippen molar-refractivity contribution in [3.63, 3.8) is 0 Å². The number of aryl methyl sites for hydroxylation is 3. The number of aromatic nitrogens is 3. The molecule has 8 heteroatoms. The van der Waals surface area contributed by atoms with Gasteiger partial charge in [-0.2, -0.15) is 0 Å². The Bertz CT molecular complexity index is 1520. The number of hydrogen-bond donors (Lipinski definition) is 0. The lowest BCUT2D eigenvalue weighted by Crippen LogP contribution is -2.44. The Labute approximate surface area is 233 Å². The molecule has 39 heavy (non-hydrogen) atoms. The van der Waals surface area contributed by atoms with E-state index >= 15 is 0 Å². The average Bonchev–Trinajstić information content (AvgIpc) is 3.54. The van der Waals surface area contributed by atoms with Gasteiger partial charge in [-0.05, 0) is 66.6 Å². The van der Waals surface area contributed by atoms with Crippen LogP contribution in [-0.2, 0) is 28.4 Å². The summed E-state index contributed by atoms with van der Waals surface area (Å²) in [6.45, 7) is 8.87. The molecule has 1 aliphatic heterocycles. The van der Waals surface area contributed by atoms with Gasteiger partial charge >= 0.3 is 6.09 Å². The van der Waals surface area contributed by atoms with Gasteiger partial charge in [-0.15, -0.1) is 16.7 Å². The van der Waals surface area contributed by atoms with Crippen LogP contribution in [0.25, 0.3) is 11.0 Å². The summed E-state index contributed by atoms with van der Waals surface area (Å²) in [5.41, 5.74) is 7.83. The molecule has 2 heterocycles. The summed E-state index contributed by atoms with van der Waals surface area (Å²) in [7, 11) is 0. The van der Waals surface area contributed by atoms with Crippen molar-refractivity contribution in [3.8, 4) is 0 Å². The van der Waals surface area contributed by atoms with Crippen LogP contribution in [0.4, 0.5) is 4.79 Å². The first-order valence-electron chi connectivity index (χ1n) is 13.4. The lowest BCUT2D eigenvalue weighted by molar-refractivity contribution is -0.133. The third kappa shape index (κ3) is 5.03. The van der Waals surface area contributed by atoms with E-state index in [1.807, 2.05) is 74.8 Å². The number of hydrogen-bond acceptors (Lipinski definition) is 5. The smallest absolute Gasteiger partial charge is 0.416 e. The number of cyclic esters (lactones) is 1. The molecule has 1 aliphatic rings. The predicted molar refractivity (Wildman–Crippen MR) is 152 cm³/mol. The highest BCUT2D eigenvalue weighted by Gasteiger charge is 2.42. The topological polar surface area (TPSA) is 77.3 Å². The molecule has 1 saturated heterocycles. The molecule has 2 unspecified atom stereocenters. The van der Waals surface area contributed by atoms with Gasteiger partial charge in [-0.3, -0.25) is 4.79 Å². The number of ether oxygens (including phenoxy) is 1. The molecular weight excluding hydrogens is 512 g/mol. The van der Waals surface area contributed by atoms with E-state index in [1.54, 1.807) is 0 Å². The molecule has 1 fully saturated rings. The Morgan fingerprint density at radius 3 is 2.62 bits per heavy atom. The second-order valence-electron chi connectivity index (χ2n) is 10.3. The van der Waals surface area contributed by atoms with Crippen molar-refractivity contribution >= 4 is 34.6 Å². The van der Waals surface area contributed by atoms with Crippen LogP contribution in [0.5, 0.6) is 0 Å². The first kappa shape index (κ1) is 26.9. The average molecular weight is 545 g/mol. The molecule has 1 aromatic heterocycles. The normalized spacial score (nSPS) is 16.9. The minimum absolute atomic E-state index is 0.183. The molecule has 2 amide bonds. The minimum Gasteiger partial charge on any atom is -0.447 e. The van der Waals surface area contributed by atoms with Gasteiger partial charge in [-0.25, -0.2) is 14.4 Å². The molecule has 3 atom stereocenters. The fraction of sp³-hybridized carbons (Fsp3) is 0.355. The quantitative estimate of drug-likeness (QED) is 0.248. The second-order valence-corrected chi connectivity index (χ2v) is 10.5. The fourth-order valence-electron chi connectivity index (χ4n) is 5.65. The van der Waals surface area contributed by atoms with Gasteiger partial charge in [0.1, 0.15) is 12.1 Å². The summed E-state index contributed by atoms with van der Waals surface area (Å²) in [5, 5.41) is 8.75. The standard InChI is InChI=1S/C31H33ClN4O3/c1-5-35-27-14-13-26(20(3)29(27)33-34-35)28(23-12-11-19(2)24(16-23)17-32)21(4)30(37)36-25(18-39-31(36)38)15-22-9-7-6-8-10-22/h6-14,16,21,25,28H,5,15,17-18H2,1-4H3/t21?,25-,28?/m1/s1. The van der Waals surface area contributed by atoms with E-state index < -0.39 is 12.0 Å². The maximum atomic E-state index is 14.2. The van der Waals surface area contributed by atoms with Crippen molar-refractivity contribution in [2.45, 2.75) is 58.5 Å². The molecular formula is C31H33ClN4O3. The number of imide groups is 1. The number of halogens is 1. The zero-order chi connectivity index (χ0) is 27.7. The maximum absolute atomic E-state index is 14.2. The highest BCUT2D eigenvalue weighted by Crippen LogP contribution is 2.39. The summed E-state index contributed by atoms with van der Waals surface area (Å²) < 4.78 is 7.25. The van der Waals surface area contributed by atoms with Crippen LogP contribution in [0.2, 0.25) is 0 Å². The summed E-state index contributed by atoms with van der Waals surface area (Å²) in [5.74, 6) is -0.776. The largest absolute Gasteiger partial charge is 0.447 e. The molecule has 0 bridgehead atoms. The van der Waals surface area contributed by atoms with Gasteiger partial charge in [0.25, 0.3) is 0 Å². The first-order valence-corrected chi connectivity index (χ1v) is 13.9. The molecule has 0 saturated carbocycles. The lowest BCUT2D eigenvalue weighted by atomic mass is 9.78. The maximum Gasteiger partial charge on any atom is 0.416 e. The number of benzene rings is 3. The minimum atomic E-state index is -0.588. The van der Waals surface area contributed by atoms with E-state index in [2.05, 4.69) is 28.5 Å². The Hall–Kier alpha value is -3.71. The monoisotopic (exact) mass is 544 g/mol. The van der Waals surface area contributed by atoms with Crippen LogP contribution >= 0.6 is 11.6 Å². The van der Waals surface area contributed by atoms with E-state index in [0.717, 1.165) is 44.4 Å². The SMILES string of the molecule is CCn1nnc2c(C)c(C(c3ccc(C)c(CCl)c3)C(C)C(=O)N3C(=O)OC[C@H]3Cc3ccccc3)ccc21. The van der Waals surface area contributed by atoms with Gasteiger partial charge in [0.2, 0.25) is 5.91 Å². The molecule has 7 nitrogen and oxygen atoms in total. The molecule has 0 spiro atoms. The number of fused-ring (bicyclic) bond motifs is 1. The Morgan fingerprint density at radius 2 is 1.90 bits per heavy atom. The van der Waals surface area contributed by atoms with E-state index in [-0.39, 0.29) is 24.5 Å². The Balaban J connectivity index is 1.57. The summed E-state index contributed by atoms with van der Waals surface area (Å²) in [6, 6.07) is 19.7. The van der Waals surface area contributed by atoms with Gasteiger partial charge in [0.05, 0.1) is 11.6 Å². The fourth-order valence-corrected chi connectivity index (χ4v) is 5.94. The van der Waals surface area contributed by atoms with Gasteiger partial charge in [0.15, 0.2) is 0 Å². The number of carbonyl (C=O) groups is 2. The first-order chi connectivity index (χ1) is 18.8. The number of nitrogens with zero attached hydrogens (tertiary/aromatic N) is 4. The highest BCUT2D eigenvalue weighted by molar-refractivity contribution is 6.17. The molecule has 3 aromatic carbocycles. The number of rotatable bonds is 8. The van der Waals surface area contributed by atoms with Crippen molar-refractivity contribution in [1.82, 2.24) is 19.9 Å². The van der Waals surface area contributed by atoms with E-state index in [1.165, 1.54) is 4.90 Å². The third-order valence-electron chi connectivity index (χ3n) is 7.90. The summed E-state index contributed by atoms with van der Waals surface area (Å²) in [4.78, 5) is 28.4. The van der Waals surface area contributed by atoms with Crippen LogP contribution in [0, 0.1) is 19.8 Å². The number of amides is 2. The van der Waals surface area contributed by atoms with Crippen molar-refractivity contribution in [2.75, 3.05) is 6.61 Å². The van der Waals surface area contributed by atoms with Gasteiger partial charge in [-0.1, -0.05) is 66.7 Å². The number of carbonyl (C=O) groups excluding carboxylic acids is 2. The van der Waals surface area contributed by atoms with Crippen LogP contribution in [0.3, 0.4) is 0 Å². The molecule has 4 aromatic rings. The lowest BCUT2D eigenvalue weighted by Gasteiger charge is -2.30. The van der Waals surface area contributed by atoms with Gasteiger partial charge in [0, 0.05) is 24.3 Å². The van der Waals surface area contributed by atoms with Crippen molar-refractivity contribution in [2.24, 2.45) is 5.92 Å². The Morgan fingerprint density at radius 1 is 1.13 bits per heavy atom. The van der Waals surface area contributed by atoms with Crippen molar-refractivity contribution in [3.05, 3.63) is 94.0 Å². The molecule has 5 rings (SSSR count). The van der Waals surface area contributed by atoms with Crippen LogP contribution < -0.4 is 0 Å². The van der Waals surface area contributed by atoms with Crippen molar-refractivity contribution in [1.29, 1.82) is 0 Å². The van der Waals surface area contributed by atoms with E-state index in [0.29, 0.717) is 18.8 Å². The zero-order valence-corrected chi connectivity index (χ0v) is 23.5. The molecule has 0 radical (unpaired) electrons. The number of alkyl halides is 1.